The summed E-state index contributed by atoms with van der Waals surface area (Å²) in [6, 6.07) is 22.1. The smallest absolute Gasteiger partial charge is 0.297 e. The van der Waals surface area contributed by atoms with Crippen molar-refractivity contribution < 1.29 is 13.9 Å². The molecule has 0 N–H and O–H groups in total. The second kappa shape index (κ2) is 9.49. The number of fused-ring (bicyclic) bond motifs is 2. The first-order valence-electron chi connectivity index (χ1n) is 11.6. The number of aryl methyl sites for hydroxylation is 1. The third-order valence-electron chi connectivity index (χ3n) is 6.24. The highest BCUT2D eigenvalue weighted by molar-refractivity contribution is 8.00. The molecule has 0 aliphatic carbocycles. The molecule has 1 unspecified atom stereocenters. The molecule has 6 rings (SSSR count). The molecule has 1 aliphatic heterocycles. The van der Waals surface area contributed by atoms with Gasteiger partial charge in [-0.2, -0.15) is 0 Å². The first-order chi connectivity index (χ1) is 18.0. The van der Waals surface area contributed by atoms with Crippen LogP contribution in [-0.4, -0.2) is 23.2 Å². The third kappa shape index (κ3) is 4.20. The van der Waals surface area contributed by atoms with Crippen LogP contribution < -0.4 is 15.1 Å². The maximum absolute atomic E-state index is 13.8. The van der Waals surface area contributed by atoms with E-state index in [1.54, 1.807) is 31.0 Å². The molecular weight excluding hydrogens is 506 g/mol. The Balaban J connectivity index is 1.46. The van der Waals surface area contributed by atoms with Gasteiger partial charge in [0.25, 0.3) is 5.91 Å². The van der Waals surface area contributed by atoms with Gasteiger partial charge in [-0.3, -0.25) is 14.5 Å². The molecule has 184 valence electrons. The highest BCUT2D eigenvalue weighted by Gasteiger charge is 2.45. The van der Waals surface area contributed by atoms with Gasteiger partial charge >= 0.3 is 0 Å². The Morgan fingerprint density at radius 2 is 1.86 bits per heavy atom. The summed E-state index contributed by atoms with van der Waals surface area (Å²) < 4.78 is 12.2. The van der Waals surface area contributed by atoms with Crippen LogP contribution in [0.2, 0.25) is 0 Å². The van der Waals surface area contributed by atoms with E-state index in [1.165, 1.54) is 21.8 Å². The van der Waals surface area contributed by atoms with Gasteiger partial charge in [0.2, 0.25) is 10.9 Å². The Hall–Kier alpha value is -3.95. The average molecular weight is 528 g/mol. The molecule has 3 heterocycles. The summed E-state index contributed by atoms with van der Waals surface area (Å²) in [5.41, 5.74) is 3.27. The lowest BCUT2D eigenvalue weighted by Gasteiger charge is -2.22. The molecule has 0 fully saturated rings. The van der Waals surface area contributed by atoms with Crippen LogP contribution in [0.1, 0.15) is 38.9 Å². The van der Waals surface area contributed by atoms with Crippen LogP contribution in [-0.2, 0) is 5.75 Å². The number of anilines is 1. The molecule has 2 aromatic heterocycles. The Morgan fingerprint density at radius 1 is 1.03 bits per heavy atom. The Kier molecular flexibility index (Phi) is 6.02. The molecule has 0 bridgehead atoms. The zero-order valence-corrected chi connectivity index (χ0v) is 21.6. The lowest BCUT2D eigenvalue weighted by Crippen LogP contribution is -2.29. The van der Waals surface area contributed by atoms with Crippen LogP contribution >= 0.6 is 23.1 Å². The van der Waals surface area contributed by atoms with Crippen molar-refractivity contribution >= 4 is 45.1 Å². The van der Waals surface area contributed by atoms with Gasteiger partial charge < -0.3 is 9.15 Å². The van der Waals surface area contributed by atoms with Gasteiger partial charge in [0.1, 0.15) is 11.3 Å². The molecule has 0 radical (unpaired) electrons. The maximum atomic E-state index is 13.8. The zero-order valence-electron chi connectivity index (χ0n) is 20.0. The number of rotatable bonds is 6. The summed E-state index contributed by atoms with van der Waals surface area (Å²) in [5.74, 6) is 0.963. The molecule has 5 aromatic rings. The summed E-state index contributed by atoms with van der Waals surface area (Å²) in [6.07, 6.45) is 0. The summed E-state index contributed by atoms with van der Waals surface area (Å²) in [7, 11) is 1.58. The van der Waals surface area contributed by atoms with Gasteiger partial charge in [-0.1, -0.05) is 77.2 Å². The summed E-state index contributed by atoms with van der Waals surface area (Å²) in [4.78, 5) is 29.1. The number of aromatic nitrogens is 2. The molecule has 3 aromatic carbocycles. The molecule has 9 heteroatoms. The summed E-state index contributed by atoms with van der Waals surface area (Å²) >= 11 is 2.87. The number of thioether (sulfide) groups is 1. The van der Waals surface area contributed by atoms with E-state index in [4.69, 9.17) is 9.15 Å². The number of ether oxygens (including phenoxy) is 1. The van der Waals surface area contributed by atoms with Crippen LogP contribution in [0.15, 0.2) is 86.3 Å². The van der Waals surface area contributed by atoms with E-state index in [-0.39, 0.29) is 11.2 Å². The molecule has 1 atom stereocenters. The van der Waals surface area contributed by atoms with E-state index >= 15 is 0 Å². The Bertz CT molecular complexity index is 1700. The topological polar surface area (TPSA) is 85.5 Å². The molecule has 37 heavy (non-hydrogen) atoms. The van der Waals surface area contributed by atoms with Crippen molar-refractivity contribution in [1.29, 1.82) is 0 Å². The van der Waals surface area contributed by atoms with Crippen molar-refractivity contribution in [2.45, 2.75) is 23.1 Å². The Labute approximate surface area is 220 Å². The van der Waals surface area contributed by atoms with Gasteiger partial charge in [-0.15, -0.1) is 10.2 Å². The SMILES string of the molecule is COc1cccc(C2c3c(oc4ccc(C)cc4c3=O)C(=O)N2c2nnc(SCc3ccccc3)s2)c1. The van der Waals surface area contributed by atoms with Crippen LogP contribution in [0.25, 0.3) is 11.0 Å². The highest BCUT2D eigenvalue weighted by Crippen LogP contribution is 2.43. The number of carbonyl (C=O) groups excluding carboxylic acids is 1. The fraction of sp³-hybridized carbons (Fsp3) is 0.143. The Morgan fingerprint density at radius 3 is 2.68 bits per heavy atom. The number of methoxy groups -OCH3 is 1. The maximum Gasteiger partial charge on any atom is 0.297 e. The summed E-state index contributed by atoms with van der Waals surface area (Å²) in [6.45, 7) is 1.92. The van der Waals surface area contributed by atoms with Crippen molar-refractivity contribution in [2.75, 3.05) is 12.0 Å². The first-order valence-corrected chi connectivity index (χ1v) is 13.4. The van der Waals surface area contributed by atoms with Crippen molar-refractivity contribution in [3.05, 3.63) is 111 Å². The monoisotopic (exact) mass is 527 g/mol. The first kappa shape index (κ1) is 23.4. The van der Waals surface area contributed by atoms with Crippen molar-refractivity contribution in [1.82, 2.24) is 10.2 Å². The molecule has 0 saturated carbocycles. The van der Waals surface area contributed by atoms with Crippen LogP contribution in [0.4, 0.5) is 5.13 Å². The number of hydrogen-bond donors (Lipinski definition) is 0. The molecule has 0 saturated heterocycles. The van der Waals surface area contributed by atoms with E-state index in [0.717, 1.165) is 21.2 Å². The molecular formula is C28H21N3O4S2. The van der Waals surface area contributed by atoms with Crippen molar-refractivity contribution in [3.8, 4) is 5.75 Å². The van der Waals surface area contributed by atoms with Gasteiger partial charge in [0.05, 0.1) is 24.1 Å². The van der Waals surface area contributed by atoms with Crippen molar-refractivity contribution in [3.63, 3.8) is 0 Å². The molecule has 1 amide bonds. The molecule has 7 nitrogen and oxygen atoms in total. The van der Waals surface area contributed by atoms with Crippen molar-refractivity contribution in [2.24, 2.45) is 0 Å². The predicted molar refractivity (Wildman–Crippen MR) is 145 cm³/mol. The fourth-order valence-corrected chi connectivity index (χ4v) is 6.31. The van der Waals surface area contributed by atoms with E-state index in [2.05, 4.69) is 22.3 Å². The van der Waals surface area contributed by atoms with Crippen LogP contribution in [0, 0.1) is 6.92 Å². The fourth-order valence-electron chi connectivity index (χ4n) is 4.49. The lowest BCUT2D eigenvalue weighted by molar-refractivity contribution is 0.0970. The van der Waals surface area contributed by atoms with E-state index in [9.17, 15) is 9.59 Å². The van der Waals surface area contributed by atoms with Crippen LogP contribution in [0.5, 0.6) is 5.75 Å². The second-order valence-electron chi connectivity index (χ2n) is 8.65. The highest BCUT2D eigenvalue weighted by atomic mass is 32.2. The molecule has 0 spiro atoms. The number of carbonyl (C=O) groups is 1. The number of benzene rings is 3. The summed E-state index contributed by atoms with van der Waals surface area (Å²) in [5, 5.41) is 9.53. The van der Waals surface area contributed by atoms with E-state index in [1.807, 2.05) is 55.5 Å². The predicted octanol–water partition coefficient (Wildman–Crippen LogP) is 6.00. The number of amides is 1. The standard InChI is InChI=1S/C28H21N3O4S2/c1-16-11-12-21-20(13-16)24(32)22-23(18-9-6-10-19(14-18)34-2)31(26(33)25(22)35-21)27-29-30-28(37-27)36-15-17-7-4-3-5-8-17/h3-14,23H,15H2,1-2H3. The minimum absolute atomic E-state index is 0.0304. The normalized spacial score (nSPS) is 14.8. The third-order valence-corrected chi connectivity index (χ3v) is 8.37. The largest absolute Gasteiger partial charge is 0.497 e. The van der Waals surface area contributed by atoms with Gasteiger partial charge in [-0.05, 0) is 42.3 Å². The minimum atomic E-state index is -0.723. The van der Waals surface area contributed by atoms with Gasteiger partial charge in [0.15, 0.2) is 9.77 Å². The van der Waals surface area contributed by atoms with Crippen LogP contribution in [0.3, 0.4) is 0 Å². The van der Waals surface area contributed by atoms with Gasteiger partial charge in [0, 0.05) is 5.75 Å². The molecule has 1 aliphatic rings. The minimum Gasteiger partial charge on any atom is -0.497 e. The van der Waals surface area contributed by atoms with E-state index in [0.29, 0.717) is 27.4 Å². The van der Waals surface area contributed by atoms with E-state index < -0.39 is 11.9 Å². The number of nitrogens with zero attached hydrogens (tertiary/aromatic N) is 3. The quantitative estimate of drug-likeness (QED) is 0.198. The average Bonchev–Trinajstić information content (AvgIpc) is 3.51. The lowest BCUT2D eigenvalue weighted by atomic mass is 9.98. The second-order valence-corrected chi connectivity index (χ2v) is 10.8. The van der Waals surface area contributed by atoms with Gasteiger partial charge in [-0.25, -0.2) is 0 Å². The number of hydrogen-bond acceptors (Lipinski definition) is 8. The zero-order chi connectivity index (χ0) is 25.5.